The molecule has 150 valence electrons. The van der Waals surface area contributed by atoms with Crippen LogP contribution in [0.4, 0.5) is 0 Å². The van der Waals surface area contributed by atoms with Crippen molar-refractivity contribution >= 4 is 86.4 Å². The van der Waals surface area contributed by atoms with Gasteiger partial charge in [0.1, 0.15) is 0 Å². The molecule has 5 atom stereocenters. The van der Waals surface area contributed by atoms with Crippen molar-refractivity contribution in [3.8, 4) is 0 Å². The van der Waals surface area contributed by atoms with Crippen LogP contribution >= 0.6 is 81.1 Å². The van der Waals surface area contributed by atoms with Gasteiger partial charge in [0.25, 0.3) is 0 Å². The van der Waals surface area contributed by atoms with E-state index in [-0.39, 0.29) is 0 Å². The fourth-order valence-electron chi connectivity index (χ4n) is 3.03. The van der Waals surface area contributed by atoms with Gasteiger partial charge in [-0.25, -0.2) is 0 Å². The van der Waals surface area contributed by atoms with Gasteiger partial charge in [-0.05, 0) is 17.4 Å². The Bertz CT molecular complexity index is 438. The summed E-state index contributed by atoms with van der Waals surface area (Å²) in [4.78, 5) is 0. The summed E-state index contributed by atoms with van der Waals surface area (Å²) in [6, 6.07) is 0. The molecule has 4 heterocycles. The standard InChI is InChI=1S/C18H31NS7/c1-26(9-17-8-25-17)13-18(10-19-2-14-5-22-14,11-20-3-15-6-23-15)12-21-4-16-7-24-16/h9,14-17,19H,2-8,10-13H2,1H3/t14?,15?,16?,17-,18?,26?/m0/s1. The number of thioether (sulfide) groups is 6. The van der Waals surface area contributed by atoms with Gasteiger partial charge in [-0.2, -0.15) is 81.1 Å². The van der Waals surface area contributed by atoms with Crippen molar-refractivity contribution in [2.45, 2.75) is 21.0 Å². The molecule has 0 radical (unpaired) electrons. The highest BCUT2D eigenvalue weighted by molar-refractivity contribution is 8.17. The summed E-state index contributed by atoms with van der Waals surface area (Å²) in [5, 5.41) is 10.3. The van der Waals surface area contributed by atoms with Crippen molar-refractivity contribution in [1.82, 2.24) is 5.32 Å². The smallest absolute Gasteiger partial charge is 0.0371 e. The third-order valence-electron chi connectivity index (χ3n) is 4.78. The van der Waals surface area contributed by atoms with Crippen molar-refractivity contribution in [1.29, 1.82) is 0 Å². The van der Waals surface area contributed by atoms with E-state index in [2.05, 4.69) is 87.5 Å². The second kappa shape index (κ2) is 10.5. The van der Waals surface area contributed by atoms with Crippen LogP contribution in [-0.4, -0.2) is 97.5 Å². The molecule has 1 nitrogen and oxygen atoms in total. The molecule has 0 spiro atoms. The molecule has 0 aliphatic carbocycles. The summed E-state index contributed by atoms with van der Waals surface area (Å²) < 4.78 is 0. The van der Waals surface area contributed by atoms with Crippen LogP contribution < -0.4 is 5.32 Å². The van der Waals surface area contributed by atoms with E-state index >= 15 is 0 Å². The van der Waals surface area contributed by atoms with Crippen molar-refractivity contribution in [2.75, 3.05) is 71.1 Å². The number of hydrogen-bond donors (Lipinski definition) is 1. The quantitative estimate of drug-likeness (QED) is 0.272. The average Bonchev–Trinajstić information content (AvgIpc) is 3.43. The van der Waals surface area contributed by atoms with Crippen LogP contribution in [-0.2, 0) is 0 Å². The predicted octanol–water partition coefficient (Wildman–Crippen LogP) is 4.19. The lowest BCUT2D eigenvalue weighted by molar-refractivity contribution is 0.409. The Hall–Kier alpha value is 2.28. The Morgan fingerprint density at radius 2 is 1.54 bits per heavy atom. The third-order valence-corrected chi connectivity index (χ3v) is 13.9. The second-order valence-corrected chi connectivity index (χ2v) is 17.1. The molecular formula is C18H31NS7. The minimum absolute atomic E-state index is 0.469. The van der Waals surface area contributed by atoms with Crippen molar-refractivity contribution in [2.24, 2.45) is 5.41 Å². The molecule has 4 unspecified atom stereocenters. The van der Waals surface area contributed by atoms with E-state index in [1.54, 1.807) is 0 Å². The molecule has 1 N–H and O–H groups in total. The summed E-state index contributed by atoms with van der Waals surface area (Å²) in [7, 11) is 0.469. The summed E-state index contributed by atoms with van der Waals surface area (Å²) in [6.07, 6.45) is 2.51. The van der Waals surface area contributed by atoms with Crippen LogP contribution in [0, 0.1) is 5.41 Å². The minimum Gasteiger partial charge on any atom is -0.315 e. The zero-order valence-corrected chi connectivity index (χ0v) is 21.2. The molecule has 26 heavy (non-hydrogen) atoms. The van der Waals surface area contributed by atoms with E-state index in [1.807, 2.05) is 0 Å². The van der Waals surface area contributed by atoms with Gasteiger partial charge in [0.05, 0.1) is 0 Å². The summed E-state index contributed by atoms with van der Waals surface area (Å²) in [6.45, 7) is 2.47. The molecule has 4 fully saturated rings. The lowest BCUT2D eigenvalue weighted by Crippen LogP contribution is -2.42. The molecule has 4 aliphatic rings. The SMILES string of the molecule is C/S(=C\[C@@H]1CS1)CC(CNCC1CS1)(CSCC1CS1)CSCC1CS1. The van der Waals surface area contributed by atoms with Gasteiger partial charge in [0, 0.05) is 85.5 Å². The minimum atomic E-state index is 0.469. The first-order chi connectivity index (χ1) is 12.7. The molecule has 4 saturated heterocycles. The Morgan fingerprint density at radius 1 is 0.962 bits per heavy atom. The van der Waals surface area contributed by atoms with Gasteiger partial charge in [-0.3, -0.25) is 0 Å². The van der Waals surface area contributed by atoms with E-state index in [0.717, 1.165) is 21.0 Å². The highest BCUT2D eigenvalue weighted by Crippen LogP contribution is 2.40. The molecule has 4 rings (SSSR count). The molecule has 4 aliphatic heterocycles. The number of nitrogens with one attached hydrogen (secondary N) is 1. The summed E-state index contributed by atoms with van der Waals surface area (Å²) in [5.41, 5.74) is 0.488. The van der Waals surface area contributed by atoms with Gasteiger partial charge in [-0.1, -0.05) is 0 Å². The molecule has 0 saturated carbocycles. The van der Waals surface area contributed by atoms with Crippen LogP contribution in [0.1, 0.15) is 0 Å². The molecule has 0 amide bonds. The first-order valence-corrected chi connectivity index (χ1v) is 17.9. The first-order valence-electron chi connectivity index (χ1n) is 9.50. The summed E-state index contributed by atoms with van der Waals surface area (Å²) >= 11 is 13.1. The second-order valence-electron chi connectivity index (χ2n) is 7.87. The van der Waals surface area contributed by atoms with E-state index in [0.29, 0.717) is 15.9 Å². The molecule has 8 heteroatoms. The fraction of sp³-hybridized carbons (Fsp3) is 0.944. The molecule has 0 aromatic heterocycles. The zero-order valence-electron chi connectivity index (χ0n) is 15.5. The van der Waals surface area contributed by atoms with Crippen LogP contribution in [0.25, 0.3) is 0 Å². The fourth-order valence-corrected chi connectivity index (χ4v) is 11.7. The zero-order chi connectivity index (χ0) is 17.8. The van der Waals surface area contributed by atoms with Crippen LogP contribution in [0.3, 0.4) is 0 Å². The maximum Gasteiger partial charge on any atom is 0.0371 e. The Labute approximate surface area is 188 Å². The average molecular weight is 486 g/mol. The highest BCUT2D eigenvalue weighted by atomic mass is 32.2. The van der Waals surface area contributed by atoms with Gasteiger partial charge in [0.15, 0.2) is 0 Å². The first kappa shape index (κ1) is 21.5. The molecular weight excluding hydrogens is 455 g/mol. The largest absolute Gasteiger partial charge is 0.315 e. The van der Waals surface area contributed by atoms with Gasteiger partial charge < -0.3 is 5.32 Å². The van der Waals surface area contributed by atoms with Crippen molar-refractivity contribution < 1.29 is 0 Å². The monoisotopic (exact) mass is 485 g/mol. The number of hydrogen-bond acceptors (Lipinski definition) is 7. The van der Waals surface area contributed by atoms with E-state index in [9.17, 15) is 0 Å². The van der Waals surface area contributed by atoms with Crippen LogP contribution in [0.2, 0.25) is 0 Å². The van der Waals surface area contributed by atoms with Gasteiger partial charge >= 0.3 is 0 Å². The lowest BCUT2D eigenvalue weighted by Gasteiger charge is -2.35. The normalized spacial score (nSPS) is 35.1. The van der Waals surface area contributed by atoms with E-state index in [1.165, 1.54) is 64.9 Å². The highest BCUT2D eigenvalue weighted by Gasteiger charge is 2.34. The van der Waals surface area contributed by atoms with E-state index in [4.69, 9.17) is 0 Å². The maximum absolute atomic E-state index is 3.90. The third kappa shape index (κ3) is 8.57. The lowest BCUT2D eigenvalue weighted by atomic mass is 9.95. The summed E-state index contributed by atoms with van der Waals surface area (Å²) in [5.74, 6) is 12.5. The Balaban J connectivity index is 1.34. The molecule has 0 bridgehead atoms. The Morgan fingerprint density at radius 3 is 2.04 bits per heavy atom. The Kier molecular flexibility index (Phi) is 8.72. The topological polar surface area (TPSA) is 12.0 Å². The molecule has 0 aromatic carbocycles. The van der Waals surface area contributed by atoms with Crippen LogP contribution in [0.15, 0.2) is 0 Å². The predicted molar refractivity (Wildman–Crippen MR) is 139 cm³/mol. The van der Waals surface area contributed by atoms with Gasteiger partial charge in [-0.15, -0.1) is 0 Å². The van der Waals surface area contributed by atoms with Crippen molar-refractivity contribution in [3.05, 3.63) is 0 Å². The van der Waals surface area contributed by atoms with Crippen LogP contribution in [0.5, 0.6) is 0 Å². The molecule has 0 aromatic rings. The van der Waals surface area contributed by atoms with E-state index < -0.39 is 0 Å². The maximum atomic E-state index is 3.90. The van der Waals surface area contributed by atoms with Gasteiger partial charge in [0.2, 0.25) is 0 Å². The number of rotatable bonds is 15. The van der Waals surface area contributed by atoms with Crippen molar-refractivity contribution in [3.63, 3.8) is 0 Å².